The molecule has 4 rings (SSSR count). The Bertz CT molecular complexity index is 1310. The molecule has 0 aliphatic heterocycles. The average molecular weight is 404 g/mol. The Kier molecular flexibility index (Phi) is 5.01. The molecule has 0 aliphatic carbocycles. The number of aryl methyl sites for hydroxylation is 1. The van der Waals surface area contributed by atoms with Crippen LogP contribution in [0.5, 0.6) is 5.75 Å². The van der Waals surface area contributed by atoms with Crippen LogP contribution in [0.2, 0.25) is 0 Å². The lowest BCUT2D eigenvalue weighted by molar-refractivity contribution is -0.116. The van der Waals surface area contributed by atoms with Crippen molar-refractivity contribution in [1.82, 2.24) is 24.5 Å². The summed E-state index contributed by atoms with van der Waals surface area (Å²) in [7, 11) is 1.57. The molecule has 0 saturated carbocycles. The van der Waals surface area contributed by atoms with E-state index in [1.807, 2.05) is 38.1 Å². The van der Waals surface area contributed by atoms with Crippen LogP contribution in [-0.2, 0) is 11.3 Å². The summed E-state index contributed by atoms with van der Waals surface area (Å²) in [6.45, 7) is 3.72. The second-order valence-electron chi connectivity index (χ2n) is 6.85. The lowest BCUT2D eigenvalue weighted by atomic mass is 10.1. The number of ether oxygens (including phenoxy) is 1. The van der Waals surface area contributed by atoms with E-state index in [1.54, 1.807) is 25.3 Å². The number of fused-ring (bicyclic) bond motifs is 1. The van der Waals surface area contributed by atoms with Crippen LogP contribution < -0.4 is 15.6 Å². The summed E-state index contributed by atoms with van der Waals surface area (Å²) in [6.07, 6.45) is 1.33. The van der Waals surface area contributed by atoms with Gasteiger partial charge >= 0.3 is 0 Å². The monoisotopic (exact) mass is 404 g/mol. The molecular weight excluding hydrogens is 384 g/mol. The molecule has 30 heavy (non-hydrogen) atoms. The Morgan fingerprint density at radius 1 is 1.17 bits per heavy atom. The summed E-state index contributed by atoms with van der Waals surface area (Å²) in [5, 5.41) is 10.9. The van der Waals surface area contributed by atoms with Crippen molar-refractivity contribution < 1.29 is 9.53 Å². The fourth-order valence-corrected chi connectivity index (χ4v) is 3.10. The molecule has 9 heteroatoms. The number of hydrogen-bond donors (Lipinski definition) is 1. The number of amides is 1. The van der Waals surface area contributed by atoms with E-state index in [9.17, 15) is 9.59 Å². The number of benzene rings is 2. The molecule has 0 aliphatic rings. The summed E-state index contributed by atoms with van der Waals surface area (Å²) >= 11 is 0. The number of aromatic nitrogens is 5. The van der Waals surface area contributed by atoms with Crippen molar-refractivity contribution in [1.29, 1.82) is 0 Å². The van der Waals surface area contributed by atoms with Gasteiger partial charge in [0.15, 0.2) is 11.2 Å². The first kappa shape index (κ1) is 19.3. The highest BCUT2D eigenvalue weighted by molar-refractivity contribution is 5.91. The van der Waals surface area contributed by atoms with E-state index in [4.69, 9.17) is 4.74 Å². The first-order valence-corrected chi connectivity index (χ1v) is 9.29. The van der Waals surface area contributed by atoms with Gasteiger partial charge in [0.05, 0.1) is 12.8 Å². The largest absolute Gasteiger partial charge is 0.497 e. The van der Waals surface area contributed by atoms with E-state index in [2.05, 4.69) is 20.6 Å². The molecular formula is C21H20N6O3. The standard InChI is InChI=1S/C21H20N6O3/c1-13-6-4-9-17(14(13)2)23-18(28)11-26-12-22-20-19(21(26)29)24-25-27(20)15-7-5-8-16(10-15)30-3/h4-10,12H,11H2,1-3H3,(H,23,28). The Morgan fingerprint density at radius 2 is 1.97 bits per heavy atom. The van der Waals surface area contributed by atoms with Gasteiger partial charge in [-0.3, -0.25) is 14.2 Å². The third-order valence-electron chi connectivity index (χ3n) is 4.92. The Hall–Kier alpha value is -4.01. The van der Waals surface area contributed by atoms with Gasteiger partial charge < -0.3 is 10.1 Å². The lowest BCUT2D eigenvalue weighted by Gasteiger charge is -2.11. The zero-order valence-electron chi connectivity index (χ0n) is 16.8. The normalized spacial score (nSPS) is 10.9. The molecule has 1 amide bonds. The zero-order chi connectivity index (χ0) is 21.3. The van der Waals surface area contributed by atoms with Crippen molar-refractivity contribution in [2.75, 3.05) is 12.4 Å². The van der Waals surface area contributed by atoms with Crippen LogP contribution in [-0.4, -0.2) is 37.6 Å². The number of anilines is 1. The summed E-state index contributed by atoms with van der Waals surface area (Å²) in [6, 6.07) is 12.8. The van der Waals surface area contributed by atoms with Gasteiger partial charge in [0.25, 0.3) is 5.56 Å². The van der Waals surface area contributed by atoms with Crippen molar-refractivity contribution in [3.05, 3.63) is 70.3 Å². The minimum Gasteiger partial charge on any atom is -0.497 e. The summed E-state index contributed by atoms with van der Waals surface area (Å²) < 4.78 is 7.90. The number of carbonyl (C=O) groups is 1. The number of methoxy groups -OCH3 is 1. The van der Waals surface area contributed by atoms with Crippen LogP contribution in [0.4, 0.5) is 5.69 Å². The van der Waals surface area contributed by atoms with Gasteiger partial charge in [0.1, 0.15) is 18.6 Å². The van der Waals surface area contributed by atoms with Crippen molar-refractivity contribution in [2.45, 2.75) is 20.4 Å². The molecule has 152 valence electrons. The SMILES string of the molecule is COc1cccc(-n2nnc3c(=O)n(CC(=O)Nc4cccc(C)c4C)cnc32)c1. The van der Waals surface area contributed by atoms with E-state index >= 15 is 0 Å². The molecule has 0 radical (unpaired) electrons. The van der Waals surface area contributed by atoms with Gasteiger partial charge in [-0.05, 0) is 43.2 Å². The quantitative estimate of drug-likeness (QED) is 0.547. The van der Waals surface area contributed by atoms with Gasteiger partial charge in [-0.1, -0.05) is 23.4 Å². The van der Waals surface area contributed by atoms with Crippen molar-refractivity contribution in [3.63, 3.8) is 0 Å². The molecule has 9 nitrogen and oxygen atoms in total. The molecule has 2 aromatic carbocycles. The van der Waals surface area contributed by atoms with Crippen LogP contribution in [0.15, 0.2) is 53.6 Å². The Labute approximate surface area is 171 Å². The van der Waals surface area contributed by atoms with Crippen LogP contribution in [0, 0.1) is 13.8 Å². The van der Waals surface area contributed by atoms with E-state index in [1.165, 1.54) is 15.6 Å². The molecule has 4 aromatic rings. The van der Waals surface area contributed by atoms with E-state index in [0.29, 0.717) is 22.8 Å². The third kappa shape index (κ3) is 3.52. The second kappa shape index (κ2) is 7.78. The second-order valence-corrected chi connectivity index (χ2v) is 6.85. The first-order valence-electron chi connectivity index (χ1n) is 9.29. The molecule has 0 fully saturated rings. The first-order chi connectivity index (χ1) is 14.5. The maximum Gasteiger partial charge on any atom is 0.284 e. The van der Waals surface area contributed by atoms with E-state index in [-0.39, 0.29) is 18.0 Å². The predicted molar refractivity (Wildman–Crippen MR) is 112 cm³/mol. The maximum atomic E-state index is 12.8. The fourth-order valence-electron chi connectivity index (χ4n) is 3.10. The maximum absolute atomic E-state index is 12.8. The highest BCUT2D eigenvalue weighted by Crippen LogP contribution is 2.19. The van der Waals surface area contributed by atoms with E-state index in [0.717, 1.165) is 11.1 Å². The molecule has 1 N–H and O–H groups in total. The molecule has 0 unspecified atom stereocenters. The Morgan fingerprint density at radius 3 is 2.77 bits per heavy atom. The minimum absolute atomic E-state index is 0.0832. The lowest BCUT2D eigenvalue weighted by Crippen LogP contribution is -2.28. The molecule has 2 aromatic heterocycles. The summed E-state index contributed by atoms with van der Waals surface area (Å²) in [5.74, 6) is 0.319. The fraction of sp³-hybridized carbons (Fsp3) is 0.190. The Balaban J connectivity index is 1.62. The van der Waals surface area contributed by atoms with Gasteiger partial charge in [-0.2, -0.15) is 4.68 Å². The molecule has 0 spiro atoms. The van der Waals surface area contributed by atoms with Gasteiger partial charge in [-0.25, -0.2) is 4.98 Å². The average Bonchev–Trinajstić information content (AvgIpc) is 3.18. The summed E-state index contributed by atoms with van der Waals surface area (Å²) in [4.78, 5) is 29.6. The predicted octanol–water partition coefficient (Wildman–Crippen LogP) is 2.24. The van der Waals surface area contributed by atoms with Gasteiger partial charge in [0, 0.05) is 11.8 Å². The zero-order valence-corrected chi connectivity index (χ0v) is 16.8. The highest BCUT2D eigenvalue weighted by Gasteiger charge is 2.15. The number of nitrogens with one attached hydrogen (secondary N) is 1. The van der Waals surface area contributed by atoms with Gasteiger partial charge in [-0.15, -0.1) is 5.10 Å². The number of nitrogens with zero attached hydrogens (tertiary/aromatic N) is 5. The van der Waals surface area contributed by atoms with Crippen molar-refractivity contribution in [3.8, 4) is 11.4 Å². The number of hydrogen-bond acceptors (Lipinski definition) is 6. The topological polar surface area (TPSA) is 104 Å². The molecule has 2 heterocycles. The minimum atomic E-state index is -0.440. The van der Waals surface area contributed by atoms with Crippen molar-refractivity contribution in [2.24, 2.45) is 0 Å². The number of rotatable bonds is 5. The van der Waals surface area contributed by atoms with E-state index < -0.39 is 5.56 Å². The van der Waals surface area contributed by atoms with Crippen LogP contribution >= 0.6 is 0 Å². The highest BCUT2D eigenvalue weighted by atomic mass is 16.5. The van der Waals surface area contributed by atoms with Crippen LogP contribution in [0.25, 0.3) is 16.9 Å². The molecule has 0 atom stereocenters. The van der Waals surface area contributed by atoms with Gasteiger partial charge in [0.2, 0.25) is 5.91 Å². The van der Waals surface area contributed by atoms with Crippen LogP contribution in [0.3, 0.4) is 0 Å². The number of carbonyl (C=O) groups excluding carboxylic acids is 1. The molecule has 0 saturated heterocycles. The summed E-state index contributed by atoms with van der Waals surface area (Å²) in [5.41, 5.74) is 3.37. The smallest absolute Gasteiger partial charge is 0.284 e. The molecule has 0 bridgehead atoms. The van der Waals surface area contributed by atoms with Crippen molar-refractivity contribution >= 4 is 22.8 Å². The third-order valence-corrected chi connectivity index (χ3v) is 4.92. The van der Waals surface area contributed by atoms with Crippen LogP contribution in [0.1, 0.15) is 11.1 Å².